The van der Waals surface area contributed by atoms with E-state index in [1.54, 1.807) is 12.0 Å². The number of ether oxygens (including phenoxy) is 2. The van der Waals surface area contributed by atoms with Gasteiger partial charge in [0.05, 0.1) is 13.7 Å². The molecule has 33 heavy (non-hydrogen) atoms. The zero-order chi connectivity index (χ0) is 24.2. The van der Waals surface area contributed by atoms with Crippen LogP contribution in [0.15, 0.2) is 48.5 Å². The predicted molar refractivity (Wildman–Crippen MR) is 131 cm³/mol. The van der Waals surface area contributed by atoms with E-state index in [2.05, 4.69) is 5.32 Å². The third kappa shape index (κ3) is 8.44. The first-order valence-corrected chi connectivity index (χ1v) is 11.8. The number of amides is 2. The summed E-state index contributed by atoms with van der Waals surface area (Å²) in [4.78, 5) is 27.9. The Morgan fingerprint density at radius 3 is 2.18 bits per heavy atom. The third-order valence-corrected chi connectivity index (χ3v) is 5.72. The van der Waals surface area contributed by atoms with Crippen molar-refractivity contribution in [2.45, 2.75) is 72.0 Å². The molecule has 0 unspecified atom stereocenters. The Morgan fingerprint density at radius 1 is 0.970 bits per heavy atom. The number of carbonyl (C=O) groups is 2. The molecule has 0 aliphatic heterocycles. The van der Waals surface area contributed by atoms with Gasteiger partial charge in [0.2, 0.25) is 11.8 Å². The first kappa shape index (κ1) is 26.2. The minimum atomic E-state index is -0.522. The van der Waals surface area contributed by atoms with Gasteiger partial charge < -0.3 is 19.7 Å². The van der Waals surface area contributed by atoms with Gasteiger partial charge in [0.15, 0.2) is 0 Å². The minimum Gasteiger partial charge on any atom is -0.497 e. The molecule has 2 rings (SSSR count). The van der Waals surface area contributed by atoms with Crippen LogP contribution < -0.4 is 14.8 Å². The smallest absolute Gasteiger partial charge is 0.243 e. The lowest BCUT2D eigenvalue weighted by atomic mass is 10.1. The number of benzene rings is 2. The van der Waals surface area contributed by atoms with Crippen LogP contribution in [0.25, 0.3) is 0 Å². The molecule has 0 aliphatic rings. The standard InChI is InChI=1S/C27H38N2O4/c1-6-21(4)28-27(31)25(7-2)29(19-22-12-16-23(32-5)17-13-22)26(30)9-8-18-33-24-14-10-20(3)11-15-24/h10-17,21,25H,6-9,18-19H2,1-5H3,(H,28,31)/t21-,25-/m1/s1. The summed E-state index contributed by atoms with van der Waals surface area (Å²) in [6, 6.07) is 15.0. The van der Waals surface area contributed by atoms with E-state index >= 15 is 0 Å². The van der Waals surface area contributed by atoms with E-state index in [0.29, 0.717) is 32.4 Å². The lowest BCUT2D eigenvalue weighted by molar-refractivity contribution is -0.141. The quantitative estimate of drug-likeness (QED) is 0.438. The van der Waals surface area contributed by atoms with Crippen molar-refractivity contribution in [3.05, 3.63) is 59.7 Å². The third-order valence-electron chi connectivity index (χ3n) is 5.72. The Hall–Kier alpha value is -3.02. The maximum Gasteiger partial charge on any atom is 0.243 e. The summed E-state index contributed by atoms with van der Waals surface area (Å²) >= 11 is 0. The summed E-state index contributed by atoms with van der Waals surface area (Å²) in [5.41, 5.74) is 2.13. The fraction of sp³-hybridized carbons (Fsp3) is 0.481. The fourth-order valence-corrected chi connectivity index (χ4v) is 3.48. The lowest BCUT2D eigenvalue weighted by Gasteiger charge is -2.31. The monoisotopic (exact) mass is 454 g/mol. The number of carbonyl (C=O) groups excluding carboxylic acids is 2. The summed E-state index contributed by atoms with van der Waals surface area (Å²) in [5, 5.41) is 3.04. The van der Waals surface area contributed by atoms with Crippen molar-refractivity contribution < 1.29 is 19.1 Å². The van der Waals surface area contributed by atoms with Gasteiger partial charge in [-0.1, -0.05) is 43.7 Å². The van der Waals surface area contributed by atoms with Crippen LogP contribution in [0, 0.1) is 6.92 Å². The molecule has 0 radical (unpaired) electrons. The molecule has 0 fully saturated rings. The van der Waals surface area contributed by atoms with Crippen molar-refractivity contribution in [3.8, 4) is 11.5 Å². The first-order chi connectivity index (χ1) is 15.9. The second-order valence-electron chi connectivity index (χ2n) is 8.38. The Kier molecular flexibility index (Phi) is 10.7. The van der Waals surface area contributed by atoms with Crippen molar-refractivity contribution in [1.29, 1.82) is 0 Å². The number of methoxy groups -OCH3 is 1. The first-order valence-electron chi connectivity index (χ1n) is 11.8. The highest BCUT2D eigenvalue weighted by molar-refractivity contribution is 5.87. The average molecular weight is 455 g/mol. The molecule has 0 aromatic heterocycles. The number of hydrogen-bond acceptors (Lipinski definition) is 4. The van der Waals surface area contributed by atoms with Crippen LogP contribution in [0.5, 0.6) is 11.5 Å². The Balaban J connectivity index is 2.07. The van der Waals surface area contributed by atoms with Crippen LogP contribution in [0.3, 0.4) is 0 Å². The number of hydrogen-bond donors (Lipinski definition) is 1. The molecule has 2 amide bonds. The molecule has 0 aliphatic carbocycles. The molecule has 0 saturated carbocycles. The number of nitrogens with one attached hydrogen (secondary N) is 1. The molecule has 6 nitrogen and oxygen atoms in total. The van der Waals surface area contributed by atoms with Gasteiger partial charge in [-0.15, -0.1) is 0 Å². The molecule has 0 spiro atoms. The van der Waals surface area contributed by atoms with Gasteiger partial charge in [0.1, 0.15) is 17.5 Å². The van der Waals surface area contributed by atoms with Crippen LogP contribution >= 0.6 is 0 Å². The summed E-state index contributed by atoms with van der Waals surface area (Å²) in [5.74, 6) is 1.39. The number of nitrogens with zero attached hydrogens (tertiary/aromatic N) is 1. The van der Waals surface area contributed by atoms with E-state index in [9.17, 15) is 9.59 Å². The molecule has 2 aromatic rings. The van der Waals surface area contributed by atoms with Gasteiger partial charge in [-0.2, -0.15) is 0 Å². The van der Waals surface area contributed by atoms with Crippen LogP contribution in [0.2, 0.25) is 0 Å². The van der Waals surface area contributed by atoms with Gasteiger partial charge in [0, 0.05) is 19.0 Å². The van der Waals surface area contributed by atoms with Gasteiger partial charge in [-0.05, 0) is 62.9 Å². The predicted octanol–water partition coefficient (Wildman–Crippen LogP) is 4.88. The van der Waals surface area contributed by atoms with E-state index in [4.69, 9.17) is 9.47 Å². The molecule has 0 heterocycles. The zero-order valence-corrected chi connectivity index (χ0v) is 20.6. The highest BCUT2D eigenvalue weighted by atomic mass is 16.5. The highest BCUT2D eigenvalue weighted by Crippen LogP contribution is 2.18. The zero-order valence-electron chi connectivity index (χ0n) is 20.6. The summed E-state index contributed by atoms with van der Waals surface area (Å²) in [6.45, 7) is 8.79. The molecule has 0 bridgehead atoms. The largest absolute Gasteiger partial charge is 0.497 e. The number of aryl methyl sites for hydroxylation is 1. The van der Waals surface area contributed by atoms with Crippen molar-refractivity contribution >= 4 is 11.8 Å². The van der Waals surface area contributed by atoms with Gasteiger partial charge in [-0.3, -0.25) is 9.59 Å². The Bertz CT molecular complexity index is 865. The van der Waals surface area contributed by atoms with Crippen molar-refractivity contribution in [1.82, 2.24) is 10.2 Å². The second kappa shape index (κ2) is 13.5. The Morgan fingerprint density at radius 2 is 1.61 bits per heavy atom. The fourth-order valence-electron chi connectivity index (χ4n) is 3.48. The van der Waals surface area contributed by atoms with Crippen molar-refractivity contribution in [2.75, 3.05) is 13.7 Å². The van der Waals surface area contributed by atoms with Crippen molar-refractivity contribution in [3.63, 3.8) is 0 Å². The summed E-state index contributed by atoms with van der Waals surface area (Å²) in [7, 11) is 1.62. The molecule has 2 atom stereocenters. The average Bonchev–Trinajstić information content (AvgIpc) is 2.82. The van der Waals surface area contributed by atoms with Gasteiger partial charge in [0.25, 0.3) is 0 Å². The van der Waals surface area contributed by atoms with E-state index in [0.717, 1.165) is 23.5 Å². The SMILES string of the molecule is CC[C@@H](C)NC(=O)[C@@H](CC)N(Cc1ccc(OC)cc1)C(=O)CCCOc1ccc(C)cc1. The van der Waals surface area contributed by atoms with E-state index in [1.165, 1.54) is 5.56 Å². The molecule has 180 valence electrons. The number of rotatable bonds is 13. The Labute approximate surface area is 198 Å². The molecule has 1 N–H and O–H groups in total. The van der Waals surface area contributed by atoms with E-state index < -0.39 is 6.04 Å². The van der Waals surface area contributed by atoms with E-state index in [-0.39, 0.29) is 17.9 Å². The minimum absolute atomic E-state index is 0.0514. The summed E-state index contributed by atoms with van der Waals surface area (Å²) < 4.78 is 11.0. The van der Waals surface area contributed by atoms with Crippen LogP contribution in [-0.2, 0) is 16.1 Å². The molecule has 6 heteroatoms. The maximum atomic E-state index is 13.3. The maximum absolute atomic E-state index is 13.3. The highest BCUT2D eigenvalue weighted by Gasteiger charge is 2.28. The lowest BCUT2D eigenvalue weighted by Crippen LogP contribution is -2.50. The topological polar surface area (TPSA) is 67.9 Å². The summed E-state index contributed by atoms with van der Waals surface area (Å²) in [6.07, 6.45) is 2.28. The van der Waals surface area contributed by atoms with E-state index in [1.807, 2.05) is 76.2 Å². The van der Waals surface area contributed by atoms with Crippen LogP contribution in [0.1, 0.15) is 57.6 Å². The molecule has 0 saturated heterocycles. The molecule has 2 aromatic carbocycles. The molecular weight excluding hydrogens is 416 g/mol. The van der Waals surface area contributed by atoms with Crippen molar-refractivity contribution in [2.24, 2.45) is 0 Å². The van der Waals surface area contributed by atoms with Crippen LogP contribution in [-0.4, -0.2) is 42.5 Å². The second-order valence-corrected chi connectivity index (χ2v) is 8.38. The molecular formula is C27H38N2O4. The van der Waals surface area contributed by atoms with Gasteiger partial charge in [-0.25, -0.2) is 0 Å². The normalized spacial score (nSPS) is 12.5. The van der Waals surface area contributed by atoms with Gasteiger partial charge >= 0.3 is 0 Å². The van der Waals surface area contributed by atoms with Crippen LogP contribution in [0.4, 0.5) is 0 Å².